The number of nitrogens with zero attached hydrogens (tertiary/aromatic N) is 5. The zero-order chi connectivity index (χ0) is 16.1. The van der Waals surface area contributed by atoms with Crippen molar-refractivity contribution < 1.29 is 4.79 Å². The highest BCUT2D eigenvalue weighted by Gasteiger charge is 2.12. The van der Waals surface area contributed by atoms with Gasteiger partial charge in [0.25, 0.3) is 0 Å². The summed E-state index contributed by atoms with van der Waals surface area (Å²) >= 11 is 0. The van der Waals surface area contributed by atoms with Crippen molar-refractivity contribution in [1.29, 1.82) is 0 Å². The molecule has 0 radical (unpaired) electrons. The molecule has 2 aromatic heterocycles. The summed E-state index contributed by atoms with van der Waals surface area (Å²) in [4.78, 5) is 17.4. The molecule has 1 amide bonds. The molecule has 3 aromatic rings. The van der Waals surface area contributed by atoms with Crippen LogP contribution in [0, 0.1) is 0 Å². The van der Waals surface area contributed by atoms with Crippen molar-refractivity contribution >= 4 is 5.91 Å². The molecule has 0 aliphatic carbocycles. The summed E-state index contributed by atoms with van der Waals surface area (Å²) in [5.74, 6) is 0.317. The molecule has 0 spiro atoms. The maximum Gasteiger partial charge on any atom is 0.244 e. The van der Waals surface area contributed by atoms with E-state index in [-0.39, 0.29) is 18.5 Å². The Balaban J connectivity index is 1.61. The van der Waals surface area contributed by atoms with Crippen LogP contribution in [-0.2, 0) is 11.3 Å². The van der Waals surface area contributed by atoms with E-state index in [1.54, 1.807) is 12.4 Å². The quantitative estimate of drug-likeness (QED) is 0.774. The largest absolute Gasteiger partial charge is 0.348 e. The molecular formula is C16H16N6O. The third kappa shape index (κ3) is 3.76. The Bertz CT molecular complexity index is 772. The van der Waals surface area contributed by atoms with Gasteiger partial charge in [0.2, 0.25) is 11.7 Å². The van der Waals surface area contributed by atoms with Gasteiger partial charge in [-0.15, -0.1) is 10.2 Å². The molecule has 3 rings (SSSR count). The van der Waals surface area contributed by atoms with Crippen LogP contribution in [0.1, 0.15) is 18.5 Å². The Morgan fingerprint density at radius 3 is 2.78 bits per heavy atom. The van der Waals surface area contributed by atoms with Crippen molar-refractivity contribution in [3.8, 4) is 11.4 Å². The van der Waals surface area contributed by atoms with Crippen LogP contribution in [0.2, 0.25) is 0 Å². The molecule has 0 saturated carbocycles. The van der Waals surface area contributed by atoms with Gasteiger partial charge in [0.15, 0.2) is 0 Å². The van der Waals surface area contributed by atoms with Crippen molar-refractivity contribution in [2.24, 2.45) is 0 Å². The van der Waals surface area contributed by atoms with Gasteiger partial charge < -0.3 is 5.32 Å². The fourth-order valence-electron chi connectivity index (χ4n) is 2.14. The zero-order valence-corrected chi connectivity index (χ0v) is 12.6. The van der Waals surface area contributed by atoms with Crippen LogP contribution in [0.15, 0.2) is 54.9 Å². The molecule has 2 heterocycles. The number of tetrazole rings is 1. The number of pyridine rings is 1. The van der Waals surface area contributed by atoms with Gasteiger partial charge in [-0.3, -0.25) is 9.78 Å². The number of hydrogen-bond donors (Lipinski definition) is 1. The first-order valence-electron chi connectivity index (χ1n) is 7.25. The average Bonchev–Trinajstić information content (AvgIpc) is 3.04. The summed E-state index contributed by atoms with van der Waals surface area (Å²) in [6.45, 7) is 1.92. The van der Waals surface area contributed by atoms with E-state index in [1.165, 1.54) is 4.80 Å². The van der Waals surface area contributed by atoms with Crippen LogP contribution in [0.3, 0.4) is 0 Å². The lowest BCUT2D eigenvalue weighted by Gasteiger charge is -2.13. The van der Waals surface area contributed by atoms with Crippen LogP contribution < -0.4 is 5.32 Å². The maximum atomic E-state index is 12.1. The first kappa shape index (κ1) is 14.8. The van der Waals surface area contributed by atoms with Crippen LogP contribution in [0.25, 0.3) is 11.4 Å². The molecule has 116 valence electrons. The minimum absolute atomic E-state index is 0.0183. The molecule has 0 aliphatic heterocycles. The van der Waals surface area contributed by atoms with Crippen LogP contribution in [0.5, 0.6) is 0 Å². The fourth-order valence-corrected chi connectivity index (χ4v) is 2.14. The van der Waals surface area contributed by atoms with Gasteiger partial charge in [-0.25, -0.2) is 0 Å². The molecule has 7 heteroatoms. The first-order valence-corrected chi connectivity index (χ1v) is 7.25. The monoisotopic (exact) mass is 308 g/mol. The Labute approximate surface area is 133 Å². The second-order valence-electron chi connectivity index (χ2n) is 5.09. The minimum atomic E-state index is -0.182. The number of rotatable bonds is 5. The molecule has 1 aromatic carbocycles. The van der Waals surface area contributed by atoms with Crippen molar-refractivity contribution in [2.45, 2.75) is 19.5 Å². The third-order valence-corrected chi connectivity index (χ3v) is 3.33. The predicted molar refractivity (Wildman–Crippen MR) is 84.0 cm³/mol. The molecule has 1 atom stereocenters. The van der Waals surface area contributed by atoms with Gasteiger partial charge >= 0.3 is 0 Å². The summed E-state index contributed by atoms with van der Waals surface area (Å²) < 4.78 is 0. The number of hydrogen-bond acceptors (Lipinski definition) is 5. The van der Waals surface area contributed by atoms with E-state index >= 15 is 0 Å². The van der Waals surface area contributed by atoms with Crippen molar-refractivity contribution in [3.05, 3.63) is 60.4 Å². The smallest absolute Gasteiger partial charge is 0.244 e. The van der Waals surface area contributed by atoms with Crippen LogP contribution >= 0.6 is 0 Å². The van der Waals surface area contributed by atoms with Gasteiger partial charge in [0.05, 0.1) is 6.04 Å². The van der Waals surface area contributed by atoms with Gasteiger partial charge in [0.1, 0.15) is 6.54 Å². The SMILES string of the molecule is CC(NC(=O)Cn1nnc(-c2ccccc2)n1)c1cccnc1. The minimum Gasteiger partial charge on any atom is -0.348 e. The standard InChI is InChI=1S/C16H16N6O/c1-12(14-8-5-9-17-10-14)18-15(23)11-22-20-16(19-21-22)13-6-3-2-4-7-13/h2-10,12H,11H2,1H3,(H,18,23). The Morgan fingerprint density at radius 2 is 2.04 bits per heavy atom. The molecule has 0 aliphatic rings. The normalized spacial score (nSPS) is 11.9. The van der Waals surface area contributed by atoms with Crippen molar-refractivity contribution in [2.75, 3.05) is 0 Å². The molecule has 23 heavy (non-hydrogen) atoms. The van der Waals surface area contributed by atoms with E-state index < -0.39 is 0 Å². The van der Waals surface area contributed by atoms with E-state index in [0.717, 1.165) is 11.1 Å². The predicted octanol–water partition coefficient (Wildman–Crippen LogP) is 1.61. The van der Waals surface area contributed by atoms with Gasteiger partial charge in [0, 0.05) is 18.0 Å². The average molecular weight is 308 g/mol. The Hall–Kier alpha value is -3.09. The summed E-state index contributed by atoms with van der Waals surface area (Å²) in [7, 11) is 0. The molecule has 1 N–H and O–H groups in total. The highest BCUT2D eigenvalue weighted by molar-refractivity contribution is 5.76. The molecule has 0 fully saturated rings. The van der Waals surface area contributed by atoms with E-state index in [2.05, 4.69) is 25.7 Å². The summed E-state index contributed by atoms with van der Waals surface area (Å²) in [5.41, 5.74) is 1.81. The maximum absolute atomic E-state index is 12.1. The number of carbonyl (C=O) groups excluding carboxylic acids is 1. The summed E-state index contributed by atoms with van der Waals surface area (Å²) in [6.07, 6.45) is 3.43. The van der Waals surface area contributed by atoms with Gasteiger partial charge in [-0.1, -0.05) is 36.4 Å². The summed E-state index contributed by atoms with van der Waals surface area (Å²) in [6, 6.07) is 13.1. The lowest BCUT2D eigenvalue weighted by Crippen LogP contribution is -2.30. The van der Waals surface area contributed by atoms with Crippen molar-refractivity contribution in [1.82, 2.24) is 30.5 Å². The van der Waals surface area contributed by atoms with E-state index in [9.17, 15) is 4.79 Å². The topological polar surface area (TPSA) is 85.6 Å². The molecule has 7 nitrogen and oxygen atoms in total. The third-order valence-electron chi connectivity index (χ3n) is 3.33. The Kier molecular flexibility index (Phi) is 4.37. The van der Waals surface area contributed by atoms with Crippen LogP contribution in [0.4, 0.5) is 0 Å². The molecule has 0 bridgehead atoms. The highest BCUT2D eigenvalue weighted by atomic mass is 16.2. The number of nitrogens with one attached hydrogen (secondary N) is 1. The lowest BCUT2D eigenvalue weighted by molar-refractivity contribution is -0.122. The van der Waals surface area contributed by atoms with Crippen molar-refractivity contribution in [3.63, 3.8) is 0 Å². The highest BCUT2D eigenvalue weighted by Crippen LogP contribution is 2.12. The molecule has 1 unspecified atom stereocenters. The van der Waals surface area contributed by atoms with Crippen LogP contribution in [-0.4, -0.2) is 31.1 Å². The molecular weight excluding hydrogens is 292 g/mol. The number of benzene rings is 1. The summed E-state index contributed by atoms with van der Waals surface area (Å²) in [5, 5.41) is 15.0. The van der Waals surface area contributed by atoms with Gasteiger partial charge in [-0.2, -0.15) is 4.80 Å². The second kappa shape index (κ2) is 6.78. The zero-order valence-electron chi connectivity index (χ0n) is 12.6. The fraction of sp³-hybridized carbons (Fsp3) is 0.188. The van der Waals surface area contributed by atoms with E-state index in [1.807, 2.05) is 49.4 Å². The van der Waals surface area contributed by atoms with E-state index in [4.69, 9.17) is 0 Å². The number of aromatic nitrogens is 5. The van der Waals surface area contributed by atoms with Gasteiger partial charge in [-0.05, 0) is 23.8 Å². The second-order valence-corrected chi connectivity index (χ2v) is 5.09. The van der Waals surface area contributed by atoms with E-state index in [0.29, 0.717) is 5.82 Å². The Morgan fingerprint density at radius 1 is 1.22 bits per heavy atom. The number of carbonyl (C=O) groups is 1. The first-order chi connectivity index (χ1) is 11.2. The number of amides is 1. The lowest BCUT2D eigenvalue weighted by atomic mass is 10.1. The molecule has 0 saturated heterocycles.